The third kappa shape index (κ3) is 3.18. The normalized spacial score (nSPS) is 10.7. The first-order valence-electron chi connectivity index (χ1n) is 6.70. The minimum atomic E-state index is 0.780. The maximum Gasteiger partial charge on any atom is 0.0739 e. The van der Waals surface area contributed by atoms with E-state index in [1.165, 1.54) is 11.3 Å². The van der Waals surface area contributed by atoms with Gasteiger partial charge in [0.25, 0.3) is 0 Å². The van der Waals surface area contributed by atoms with Crippen LogP contribution in [0.4, 0.5) is 5.69 Å². The van der Waals surface area contributed by atoms with Crippen molar-refractivity contribution in [2.45, 2.75) is 40.3 Å². The molecule has 0 radical (unpaired) electrons. The average molecular weight is 322 g/mol. The Bertz CT molecular complexity index is 561. The van der Waals surface area contributed by atoms with E-state index in [0.29, 0.717) is 0 Å². The van der Waals surface area contributed by atoms with E-state index < -0.39 is 0 Å². The molecular weight excluding hydrogens is 302 g/mol. The van der Waals surface area contributed by atoms with Crippen LogP contribution in [0.15, 0.2) is 28.7 Å². The van der Waals surface area contributed by atoms with Crippen LogP contribution in [-0.4, -0.2) is 9.78 Å². The highest BCUT2D eigenvalue weighted by Gasteiger charge is 2.11. The summed E-state index contributed by atoms with van der Waals surface area (Å²) in [4.78, 5) is 0. The van der Waals surface area contributed by atoms with Crippen molar-refractivity contribution < 1.29 is 0 Å². The monoisotopic (exact) mass is 321 g/mol. The first-order valence-corrected chi connectivity index (χ1v) is 7.49. The van der Waals surface area contributed by atoms with Crippen LogP contribution in [0.1, 0.15) is 30.8 Å². The number of hydrogen-bond acceptors (Lipinski definition) is 2. The molecule has 1 N–H and O–H groups in total. The van der Waals surface area contributed by atoms with E-state index in [1.54, 1.807) is 0 Å². The Morgan fingerprint density at radius 3 is 2.79 bits per heavy atom. The highest BCUT2D eigenvalue weighted by Crippen LogP contribution is 2.22. The van der Waals surface area contributed by atoms with Crippen LogP contribution in [0.25, 0.3) is 0 Å². The molecule has 0 bridgehead atoms. The SMILES string of the molecule is CCc1cccc(NCc2c(Br)c(C)nn2CC)c1. The van der Waals surface area contributed by atoms with Crippen LogP contribution in [0.5, 0.6) is 0 Å². The maximum atomic E-state index is 4.50. The predicted molar refractivity (Wildman–Crippen MR) is 83.5 cm³/mol. The molecule has 2 rings (SSSR count). The molecular formula is C15H20BrN3. The fourth-order valence-electron chi connectivity index (χ4n) is 2.12. The molecule has 2 aromatic rings. The summed E-state index contributed by atoms with van der Waals surface area (Å²) in [6.07, 6.45) is 1.06. The summed E-state index contributed by atoms with van der Waals surface area (Å²) in [7, 11) is 0. The van der Waals surface area contributed by atoms with Gasteiger partial charge in [-0.25, -0.2) is 0 Å². The zero-order chi connectivity index (χ0) is 13.8. The van der Waals surface area contributed by atoms with Gasteiger partial charge in [-0.15, -0.1) is 0 Å². The Hall–Kier alpha value is -1.29. The highest BCUT2D eigenvalue weighted by molar-refractivity contribution is 9.10. The highest BCUT2D eigenvalue weighted by atomic mass is 79.9. The first kappa shape index (κ1) is 14.1. The van der Waals surface area contributed by atoms with Gasteiger partial charge in [-0.3, -0.25) is 4.68 Å². The van der Waals surface area contributed by atoms with Crippen molar-refractivity contribution in [1.29, 1.82) is 0 Å². The van der Waals surface area contributed by atoms with Gasteiger partial charge in [0.05, 0.1) is 22.4 Å². The molecule has 0 saturated heterocycles. The molecule has 0 fully saturated rings. The molecule has 0 atom stereocenters. The van der Waals surface area contributed by atoms with E-state index >= 15 is 0 Å². The fraction of sp³-hybridized carbons (Fsp3) is 0.400. The van der Waals surface area contributed by atoms with Crippen LogP contribution in [0.3, 0.4) is 0 Å². The van der Waals surface area contributed by atoms with Crippen LogP contribution in [-0.2, 0) is 19.5 Å². The van der Waals surface area contributed by atoms with Gasteiger partial charge in [-0.2, -0.15) is 5.10 Å². The van der Waals surface area contributed by atoms with E-state index in [9.17, 15) is 0 Å². The Balaban J connectivity index is 2.14. The second kappa shape index (κ2) is 6.24. The molecule has 0 aliphatic heterocycles. The smallest absolute Gasteiger partial charge is 0.0739 e. The van der Waals surface area contributed by atoms with Crippen LogP contribution < -0.4 is 5.32 Å². The van der Waals surface area contributed by atoms with Gasteiger partial charge < -0.3 is 5.32 Å². The summed E-state index contributed by atoms with van der Waals surface area (Å²) in [5.74, 6) is 0. The molecule has 0 aliphatic rings. The second-order valence-electron chi connectivity index (χ2n) is 4.57. The molecule has 1 aromatic carbocycles. The molecule has 0 aliphatic carbocycles. The summed E-state index contributed by atoms with van der Waals surface area (Å²) in [5, 5.41) is 7.98. The van der Waals surface area contributed by atoms with Crippen LogP contribution >= 0.6 is 15.9 Å². The third-order valence-corrected chi connectivity index (χ3v) is 4.28. The summed E-state index contributed by atoms with van der Waals surface area (Å²) in [6, 6.07) is 8.56. The molecule has 0 saturated carbocycles. The van der Waals surface area contributed by atoms with Gasteiger partial charge in [-0.05, 0) is 53.9 Å². The molecule has 0 spiro atoms. The number of nitrogens with one attached hydrogen (secondary N) is 1. The standard InChI is InChI=1S/C15H20BrN3/c1-4-12-7-6-8-13(9-12)17-10-14-15(16)11(3)18-19(14)5-2/h6-9,17H,4-5,10H2,1-3H3. The van der Waals surface area contributed by atoms with Gasteiger partial charge in [0.1, 0.15) is 0 Å². The number of halogens is 1. The molecule has 102 valence electrons. The third-order valence-electron chi connectivity index (χ3n) is 3.25. The summed E-state index contributed by atoms with van der Waals surface area (Å²) in [5.41, 5.74) is 4.75. The van der Waals surface area contributed by atoms with Gasteiger partial charge in [-0.1, -0.05) is 19.1 Å². The Kier molecular flexibility index (Phi) is 4.64. The van der Waals surface area contributed by atoms with E-state index in [4.69, 9.17) is 0 Å². The van der Waals surface area contributed by atoms with Crippen molar-refractivity contribution in [3.05, 3.63) is 45.7 Å². The zero-order valence-electron chi connectivity index (χ0n) is 11.7. The van der Waals surface area contributed by atoms with E-state index in [0.717, 1.165) is 35.4 Å². The maximum absolute atomic E-state index is 4.50. The predicted octanol–water partition coefficient (Wildman–Crippen LogP) is 4.15. The molecule has 3 nitrogen and oxygen atoms in total. The van der Waals surface area contributed by atoms with Gasteiger partial charge in [0, 0.05) is 12.2 Å². The number of aromatic nitrogens is 2. The van der Waals surface area contributed by atoms with Gasteiger partial charge >= 0.3 is 0 Å². The number of anilines is 1. The summed E-state index contributed by atoms with van der Waals surface area (Å²) < 4.78 is 3.14. The first-order chi connectivity index (χ1) is 9.15. The largest absolute Gasteiger partial charge is 0.379 e. The number of aryl methyl sites for hydroxylation is 3. The minimum absolute atomic E-state index is 0.780. The molecule has 0 unspecified atom stereocenters. The Labute approximate surface area is 123 Å². The Morgan fingerprint density at radius 2 is 2.11 bits per heavy atom. The number of nitrogens with zero attached hydrogens (tertiary/aromatic N) is 2. The summed E-state index contributed by atoms with van der Waals surface area (Å²) >= 11 is 3.62. The molecule has 4 heteroatoms. The van der Waals surface area contributed by atoms with Crippen molar-refractivity contribution in [2.75, 3.05) is 5.32 Å². The van der Waals surface area contributed by atoms with Crippen LogP contribution in [0, 0.1) is 6.92 Å². The minimum Gasteiger partial charge on any atom is -0.379 e. The van der Waals surface area contributed by atoms with Crippen LogP contribution in [0.2, 0.25) is 0 Å². The lowest BCUT2D eigenvalue weighted by Crippen LogP contribution is -2.08. The van der Waals surface area contributed by atoms with Crippen molar-refractivity contribution >= 4 is 21.6 Å². The van der Waals surface area contributed by atoms with Crippen molar-refractivity contribution in [3.63, 3.8) is 0 Å². The Morgan fingerprint density at radius 1 is 1.32 bits per heavy atom. The number of hydrogen-bond donors (Lipinski definition) is 1. The lowest BCUT2D eigenvalue weighted by atomic mass is 10.1. The quantitative estimate of drug-likeness (QED) is 0.896. The van der Waals surface area contributed by atoms with Gasteiger partial charge in [0.15, 0.2) is 0 Å². The lowest BCUT2D eigenvalue weighted by molar-refractivity contribution is 0.622. The van der Waals surface area contributed by atoms with Crippen molar-refractivity contribution in [3.8, 4) is 0 Å². The van der Waals surface area contributed by atoms with E-state index in [-0.39, 0.29) is 0 Å². The summed E-state index contributed by atoms with van der Waals surface area (Å²) in [6.45, 7) is 7.98. The molecule has 19 heavy (non-hydrogen) atoms. The van der Waals surface area contributed by atoms with E-state index in [2.05, 4.69) is 64.5 Å². The van der Waals surface area contributed by atoms with Crippen molar-refractivity contribution in [2.24, 2.45) is 0 Å². The lowest BCUT2D eigenvalue weighted by Gasteiger charge is -2.10. The zero-order valence-corrected chi connectivity index (χ0v) is 13.3. The molecule has 1 heterocycles. The molecule has 1 aromatic heterocycles. The molecule has 0 amide bonds. The second-order valence-corrected chi connectivity index (χ2v) is 5.36. The fourth-order valence-corrected chi connectivity index (χ4v) is 2.55. The average Bonchev–Trinajstić information content (AvgIpc) is 2.72. The number of benzene rings is 1. The number of rotatable bonds is 5. The van der Waals surface area contributed by atoms with E-state index in [1.807, 2.05) is 11.6 Å². The van der Waals surface area contributed by atoms with Crippen molar-refractivity contribution in [1.82, 2.24) is 9.78 Å². The van der Waals surface area contributed by atoms with Gasteiger partial charge in [0.2, 0.25) is 0 Å². The topological polar surface area (TPSA) is 29.9 Å².